The molecule has 3 N–H and O–H groups in total. The smallest absolute Gasteiger partial charge is 0.278 e. The van der Waals surface area contributed by atoms with Crippen LogP contribution in [0, 0.1) is 5.82 Å². The van der Waals surface area contributed by atoms with Crippen molar-refractivity contribution < 1.29 is 9.50 Å². The third-order valence-corrected chi connectivity index (χ3v) is 6.09. The van der Waals surface area contributed by atoms with Crippen LogP contribution in [0.4, 0.5) is 16.0 Å². The van der Waals surface area contributed by atoms with Gasteiger partial charge >= 0.3 is 0 Å². The van der Waals surface area contributed by atoms with Gasteiger partial charge in [0.25, 0.3) is 5.56 Å². The van der Waals surface area contributed by atoms with Crippen LogP contribution in [0.5, 0.6) is 0 Å². The summed E-state index contributed by atoms with van der Waals surface area (Å²) in [7, 11) is 0. The van der Waals surface area contributed by atoms with E-state index in [-0.39, 0.29) is 23.1 Å². The van der Waals surface area contributed by atoms with E-state index in [0.29, 0.717) is 17.0 Å². The van der Waals surface area contributed by atoms with Gasteiger partial charge in [0, 0.05) is 24.5 Å². The van der Waals surface area contributed by atoms with Crippen LogP contribution in [0.25, 0.3) is 16.9 Å². The number of fused-ring (bicyclic) bond motifs is 2. The molecule has 182 valence electrons. The zero-order chi connectivity index (χ0) is 24.9. The zero-order valence-electron chi connectivity index (χ0n) is 20.1. The van der Waals surface area contributed by atoms with Gasteiger partial charge in [-0.1, -0.05) is 6.07 Å². The van der Waals surface area contributed by atoms with Gasteiger partial charge in [0.15, 0.2) is 11.5 Å². The summed E-state index contributed by atoms with van der Waals surface area (Å²) in [6, 6.07) is 8.61. The van der Waals surface area contributed by atoms with Crippen molar-refractivity contribution in [3.8, 4) is 5.82 Å². The minimum absolute atomic E-state index is 0.115. The highest BCUT2D eigenvalue weighted by Gasteiger charge is 2.26. The number of hydrogen-bond donors (Lipinski definition) is 3. The number of hydrogen-bond acceptors (Lipinski definition) is 7. The van der Waals surface area contributed by atoms with Gasteiger partial charge in [-0.25, -0.2) is 23.7 Å². The summed E-state index contributed by atoms with van der Waals surface area (Å²) in [6.07, 6.45) is 2.44. The van der Waals surface area contributed by atoms with Crippen molar-refractivity contribution in [2.24, 2.45) is 0 Å². The Morgan fingerprint density at radius 1 is 1.17 bits per heavy atom. The second-order valence-corrected chi connectivity index (χ2v) is 9.58. The van der Waals surface area contributed by atoms with Gasteiger partial charge in [-0.2, -0.15) is 4.98 Å². The number of benzene rings is 1. The molecule has 35 heavy (non-hydrogen) atoms. The first-order valence-electron chi connectivity index (χ1n) is 11.6. The van der Waals surface area contributed by atoms with Crippen LogP contribution in [0.1, 0.15) is 50.6 Å². The average molecular weight is 478 g/mol. The minimum atomic E-state index is -1.50. The van der Waals surface area contributed by atoms with E-state index in [1.807, 2.05) is 19.9 Å². The monoisotopic (exact) mass is 477 g/mol. The number of halogens is 1. The fourth-order valence-corrected chi connectivity index (χ4v) is 4.41. The molecule has 4 aromatic rings. The highest BCUT2D eigenvalue weighted by molar-refractivity contribution is 5.77. The Bertz CT molecular complexity index is 1480. The molecule has 0 spiro atoms. The lowest BCUT2D eigenvalue weighted by atomic mass is 10.0. The summed E-state index contributed by atoms with van der Waals surface area (Å²) in [5.74, 6) is -0.0307. The summed E-state index contributed by atoms with van der Waals surface area (Å²) < 4.78 is 17.5. The van der Waals surface area contributed by atoms with Crippen molar-refractivity contribution in [3.63, 3.8) is 0 Å². The van der Waals surface area contributed by atoms with Crippen molar-refractivity contribution >= 4 is 22.7 Å². The molecule has 0 fully saturated rings. The van der Waals surface area contributed by atoms with Crippen LogP contribution in [0.3, 0.4) is 0 Å². The second-order valence-electron chi connectivity index (χ2n) is 9.58. The molecule has 9 nitrogen and oxygen atoms in total. The molecule has 1 aromatic carbocycles. The summed E-state index contributed by atoms with van der Waals surface area (Å²) in [4.78, 5) is 26.6. The summed E-state index contributed by atoms with van der Waals surface area (Å²) in [5.41, 5.74) is 1.83. The van der Waals surface area contributed by atoms with Crippen molar-refractivity contribution in [2.75, 3.05) is 11.9 Å². The van der Waals surface area contributed by atoms with E-state index in [4.69, 9.17) is 0 Å². The molecular weight excluding hydrogens is 449 g/mol. The Labute approximate surface area is 201 Å². The van der Waals surface area contributed by atoms with E-state index in [2.05, 4.69) is 37.7 Å². The highest BCUT2D eigenvalue weighted by atomic mass is 19.1. The lowest BCUT2D eigenvalue weighted by Gasteiger charge is -2.20. The number of aromatic nitrogens is 5. The van der Waals surface area contributed by atoms with Crippen LogP contribution in [-0.4, -0.2) is 36.0 Å². The predicted molar refractivity (Wildman–Crippen MR) is 132 cm³/mol. The lowest BCUT2D eigenvalue weighted by molar-refractivity contribution is 0.0694. The Kier molecular flexibility index (Phi) is 5.65. The molecule has 0 saturated carbocycles. The van der Waals surface area contributed by atoms with Gasteiger partial charge in [0.1, 0.15) is 22.5 Å². The molecule has 4 heterocycles. The Balaban J connectivity index is 1.64. The minimum Gasteiger partial charge on any atom is -0.384 e. The van der Waals surface area contributed by atoms with E-state index in [1.165, 1.54) is 48.0 Å². The molecule has 0 atom stereocenters. The number of anilines is 2. The maximum absolute atomic E-state index is 14.4. The van der Waals surface area contributed by atoms with Gasteiger partial charge < -0.3 is 15.7 Å². The highest BCUT2D eigenvalue weighted by Crippen LogP contribution is 2.25. The van der Waals surface area contributed by atoms with Gasteiger partial charge in [0.2, 0.25) is 5.95 Å². The third kappa shape index (κ3) is 4.19. The molecule has 0 amide bonds. The maximum atomic E-state index is 14.4. The molecule has 5 rings (SSSR count). The quantitative estimate of drug-likeness (QED) is 0.405. The van der Waals surface area contributed by atoms with Crippen LogP contribution >= 0.6 is 0 Å². The van der Waals surface area contributed by atoms with E-state index in [1.54, 1.807) is 4.68 Å². The van der Waals surface area contributed by atoms with E-state index in [0.717, 1.165) is 25.2 Å². The molecule has 1 aliphatic rings. The van der Waals surface area contributed by atoms with E-state index >= 15 is 0 Å². The summed E-state index contributed by atoms with van der Waals surface area (Å²) in [5, 5.41) is 17.3. The van der Waals surface area contributed by atoms with Gasteiger partial charge in [-0.05, 0) is 76.1 Å². The Hall–Kier alpha value is -3.63. The second kappa shape index (κ2) is 8.54. The lowest BCUT2D eigenvalue weighted by Crippen LogP contribution is -2.26. The molecule has 0 aliphatic carbocycles. The zero-order valence-corrected chi connectivity index (χ0v) is 20.1. The molecule has 0 saturated heterocycles. The molecule has 0 radical (unpaired) electrons. The van der Waals surface area contributed by atoms with Gasteiger partial charge in [0.05, 0.1) is 0 Å². The molecule has 10 heteroatoms. The number of pyridine rings is 1. The third-order valence-electron chi connectivity index (χ3n) is 6.09. The van der Waals surface area contributed by atoms with E-state index in [9.17, 15) is 14.3 Å². The number of nitrogens with zero attached hydrogens (tertiary/aromatic N) is 5. The fourth-order valence-electron chi connectivity index (χ4n) is 4.41. The van der Waals surface area contributed by atoms with Crippen LogP contribution in [0.2, 0.25) is 0 Å². The van der Waals surface area contributed by atoms with Crippen LogP contribution in [-0.2, 0) is 18.6 Å². The predicted octanol–water partition coefficient (Wildman–Crippen LogP) is 3.31. The number of rotatable bonds is 5. The maximum Gasteiger partial charge on any atom is 0.278 e. The van der Waals surface area contributed by atoms with Gasteiger partial charge in [-0.3, -0.25) is 4.79 Å². The topological polar surface area (TPSA) is 110 Å². The first-order chi connectivity index (χ1) is 16.6. The standard InChI is InChI=1S/C25H28FN7O2/c1-14(2)32-23(34)18-13-28-24(29-17-6-5-16-12-27-10-9-15(16)11-17)31-22(18)33(32)20-8-7-19(26)21(30-20)25(3,4)35/h5-8,11,13-14,27,35H,9-10,12H2,1-4H3,(H,28,29,31). The molecular formula is C25H28FN7O2. The SMILES string of the molecule is CC(C)n1c(=O)c2cnc(Nc3ccc4c(c3)CCNC4)nc2n1-c1ccc(F)c(C(C)(C)O)n1. The number of nitrogens with one attached hydrogen (secondary N) is 2. The normalized spacial score (nSPS) is 13.9. The molecule has 0 unspecified atom stereocenters. The number of aliphatic hydroxyl groups is 1. The van der Waals surface area contributed by atoms with Crippen LogP contribution < -0.4 is 16.2 Å². The van der Waals surface area contributed by atoms with Crippen LogP contribution in [0.15, 0.2) is 41.3 Å². The fraction of sp³-hybridized carbons (Fsp3) is 0.360. The van der Waals surface area contributed by atoms with Crippen molar-refractivity contribution in [3.05, 3.63) is 69.5 Å². The van der Waals surface area contributed by atoms with Gasteiger partial charge in [-0.15, -0.1) is 0 Å². The van der Waals surface area contributed by atoms with Crippen molar-refractivity contribution in [1.82, 2.24) is 29.6 Å². The molecule has 0 bridgehead atoms. The first kappa shape index (κ1) is 23.1. The van der Waals surface area contributed by atoms with Crippen molar-refractivity contribution in [1.29, 1.82) is 0 Å². The largest absolute Gasteiger partial charge is 0.384 e. The average Bonchev–Trinajstić information content (AvgIpc) is 3.10. The van der Waals surface area contributed by atoms with Crippen molar-refractivity contribution in [2.45, 2.75) is 52.3 Å². The Morgan fingerprint density at radius 3 is 2.71 bits per heavy atom. The Morgan fingerprint density at radius 2 is 1.97 bits per heavy atom. The first-order valence-corrected chi connectivity index (χ1v) is 11.6. The molecule has 3 aromatic heterocycles. The summed E-state index contributed by atoms with van der Waals surface area (Å²) in [6.45, 7) is 8.45. The molecule has 1 aliphatic heterocycles. The van der Waals surface area contributed by atoms with E-state index < -0.39 is 11.4 Å². The summed E-state index contributed by atoms with van der Waals surface area (Å²) >= 11 is 0.